The predicted molar refractivity (Wildman–Crippen MR) is 104 cm³/mol. The topological polar surface area (TPSA) is 98.8 Å². The number of nitrogens with two attached hydrogens (primary N) is 1. The van der Waals surface area contributed by atoms with Crippen LogP contribution in [0.2, 0.25) is 10.0 Å². The molecule has 0 aliphatic rings. The largest absolute Gasteiger partial charge is 0.410 e. The maximum Gasteiger partial charge on any atom is 0.410 e. The molecule has 0 atom stereocenters. The van der Waals surface area contributed by atoms with Gasteiger partial charge < -0.3 is 15.5 Å². The number of aromatic nitrogens is 4. The fourth-order valence-corrected chi connectivity index (χ4v) is 3.35. The molecule has 0 unspecified atom stereocenters. The molecule has 9 heteroatoms. The third-order valence-corrected chi connectivity index (χ3v) is 4.63. The van der Waals surface area contributed by atoms with E-state index in [1.165, 1.54) is 0 Å². The normalized spacial score (nSPS) is 11.1. The Hall–Kier alpha value is -3.03. The van der Waals surface area contributed by atoms with Crippen LogP contribution < -0.4 is 10.5 Å². The molecule has 0 saturated heterocycles. The summed E-state index contributed by atoms with van der Waals surface area (Å²) in [5.41, 5.74) is 8.64. The van der Waals surface area contributed by atoms with Crippen LogP contribution in [0.25, 0.3) is 28.1 Å². The first-order chi connectivity index (χ1) is 12.9. The Balaban J connectivity index is 1.81. The number of nitrogens with zero attached hydrogens (tertiary/aromatic N) is 3. The van der Waals surface area contributed by atoms with E-state index >= 15 is 0 Å². The fourth-order valence-electron chi connectivity index (χ4n) is 2.86. The quantitative estimate of drug-likeness (QED) is 0.528. The summed E-state index contributed by atoms with van der Waals surface area (Å²) in [5, 5.41) is 5.45. The number of H-pyrrole nitrogens is 1. The van der Waals surface area contributed by atoms with Gasteiger partial charge in [-0.3, -0.25) is 0 Å². The number of benzene rings is 2. The molecule has 1 amide bonds. The third kappa shape index (κ3) is 3.11. The van der Waals surface area contributed by atoms with Gasteiger partial charge in [0, 0.05) is 5.02 Å². The SMILES string of the molecule is Cc1c(-c2nc3c(OC(N)=O)cccc3[nH]2)cnn1-c1ccc(Cl)cc1Cl. The van der Waals surface area contributed by atoms with Crippen molar-refractivity contribution < 1.29 is 9.53 Å². The predicted octanol–water partition coefficient (Wildman–Crippen LogP) is 4.49. The van der Waals surface area contributed by atoms with Crippen LogP contribution in [0.4, 0.5) is 4.79 Å². The minimum atomic E-state index is -0.895. The first-order valence-electron chi connectivity index (χ1n) is 7.90. The zero-order valence-corrected chi connectivity index (χ0v) is 15.5. The van der Waals surface area contributed by atoms with Gasteiger partial charge in [-0.05, 0) is 37.3 Å². The van der Waals surface area contributed by atoms with Crippen molar-refractivity contribution in [2.45, 2.75) is 6.92 Å². The second-order valence-electron chi connectivity index (χ2n) is 5.81. The van der Waals surface area contributed by atoms with Crippen molar-refractivity contribution >= 4 is 40.3 Å². The van der Waals surface area contributed by atoms with Crippen molar-refractivity contribution in [3.63, 3.8) is 0 Å². The van der Waals surface area contributed by atoms with Crippen LogP contribution in [0.3, 0.4) is 0 Å². The Kier molecular flexibility index (Phi) is 4.25. The average Bonchev–Trinajstić information content (AvgIpc) is 3.19. The molecule has 2 aromatic carbocycles. The summed E-state index contributed by atoms with van der Waals surface area (Å²) in [6.07, 6.45) is 0.792. The van der Waals surface area contributed by atoms with Crippen LogP contribution in [0.5, 0.6) is 5.75 Å². The molecule has 0 aliphatic carbocycles. The number of rotatable bonds is 3. The number of hydrogen-bond acceptors (Lipinski definition) is 4. The molecule has 2 heterocycles. The van der Waals surface area contributed by atoms with E-state index in [1.54, 1.807) is 41.2 Å². The highest BCUT2D eigenvalue weighted by Crippen LogP contribution is 2.31. The molecule has 4 aromatic rings. The summed E-state index contributed by atoms with van der Waals surface area (Å²) < 4.78 is 6.72. The smallest absolute Gasteiger partial charge is 0.408 e. The van der Waals surface area contributed by atoms with E-state index in [1.807, 2.05) is 13.0 Å². The average molecular weight is 402 g/mol. The van der Waals surface area contributed by atoms with E-state index in [0.29, 0.717) is 32.6 Å². The molecular formula is C18H13Cl2N5O2. The van der Waals surface area contributed by atoms with E-state index in [-0.39, 0.29) is 5.75 Å². The number of carbonyl (C=O) groups is 1. The van der Waals surface area contributed by atoms with Gasteiger partial charge in [-0.25, -0.2) is 14.5 Å². The Labute approximate surface area is 163 Å². The fraction of sp³-hybridized carbons (Fsp3) is 0.0556. The lowest BCUT2D eigenvalue weighted by Crippen LogP contribution is -2.16. The second-order valence-corrected chi connectivity index (χ2v) is 6.65. The first-order valence-corrected chi connectivity index (χ1v) is 8.66. The van der Waals surface area contributed by atoms with Crippen molar-refractivity contribution in [2.24, 2.45) is 5.73 Å². The van der Waals surface area contributed by atoms with Crippen LogP contribution in [0, 0.1) is 6.92 Å². The van der Waals surface area contributed by atoms with Crippen LogP contribution in [-0.2, 0) is 0 Å². The molecule has 4 rings (SSSR count). The van der Waals surface area contributed by atoms with Crippen molar-refractivity contribution in [1.82, 2.24) is 19.7 Å². The molecule has 0 spiro atoms. The van der Waals surface area contributed by atoms with E-state index < -0.39 is 6.09 Å². The molecule has 27 heavy (non-hydrogen) atoms. The number of hydrogen-bond donors (Lipinski definition) is 2. The molecule has 0 fully saturated rings. The van der Waals surface area contributed by atoms with Gasteiger partial charge in [0.2, 0.25) is 0 Å². The molecular weight excluding hydrogens is 389 g/mol. The zero-order chi connectivity index (χ0) is 19.1. The van der Waals surface area contributed by atoms with E-state index in [4.69, 9.17) is 33.7 Å². The van der Waals surface area contributed by atoms with E-state index in [9.17, 15) is 4.79 Å². The lowest BCUT2D eigenvalue weighted by Gasteiger charge is -2.07. The molecule has 0 bridgehead atoms. The number of primary amides is 1. The minimum Gasteiger partial charge on any atom is -0.408 e. The maximum atomic E-state index is 11.1. The molecule has 3 N–H and O–H groups in total. The minimum absolute atomic E-state index is 0.285. The van der Waals surface area contributed by atoms with Gasteiger partial charge in [-0.1, -0.05) is 29.3 Å². The van der Waals surface area contributed by atoms with Crippen LogP contribution in [0.1, 0.15) is 5.69 Å². The highest BCUT2D eigenvalue weighted by Gasteiger charge is 2.17. The Morgan fingerprint density at radius 1 is 1.26 bits per heavy atom. The number of amides is 1. The number of ether oxygens (including phenoxy) is 1. The third-order valence-electron chi connectivity index (χ3n) is 4.09. The highest BCUT2D eigenvalue weighted by molar-refractivity contribution is 6.35. The van der Waals surface area contributed by atoms with Crippen molar-refractivity contribution in [2.75, 3.05) is 0 Å². The van der Waals surface area contributed by atoms with Gasteiger partial charge >= 0.3 is 6.09 Å². The van der Waals surface area contributed by atoms with Gasteiger partial charge in [-0.15, -0.1) is 0 Å². The van der Waals surface area contributed by atoms with Crippen molar-refractivity contribution in [3.8, 4) is 22.8 Å². The number of nitrogens with one attached hydrogen (secondary N) is 1. The summed E-state index contributed by atoms with van der Waals surface area (Å²) in [7, 11) is 0. The number of aromatic amines is 1. The number of halogens is 2. The lowest BCUT2D eigenvalue weighted by molar-refractivity contribution is 0.211. The maximum absolute atomic E-state index is 11.1. The monoisotopic (exact) mass is 401 g/mol. The summed E-state index contributed by atoms with van der Waals surface area (Å²) in [6.45, 7) is 1.90. The number of carbonyl (C=O) groups excluding carboxylic acids is 1. The van der Waals surface area contributed by atoms with E-state index in [0.717, 1.165) is 11.3 Å². The second kappa shape index (κ2) is 6.61. The standard InChI is InChI=1S/C18H13Cl2N5O2/c1-9-11(8-22-25(9)14-6-5-10(19)7-12(14)20)17-23-13-3-2-4-15(16(13)24-17)27-18(21)26/h2-8H,1H3,(H2,21,26)(H,23,24). The number of imidazole rings is 1. The Morgan fingerprint density at radius 2 is 2.07 bits per heavy atom. The number of para-hydroxylation sites is 1. The molecule has 0 aliphatic heterocycles. The molecule has 136 valence electrons. The van der Waals surface area contributed by atoms with Crippen LogP contribution >= 0.6 is 23.2 Å². The molecule has 0 radical (unpaired) electrons. The van der Waals surface area contributed by atoms with Gasteiger partial charge in [-0.2, -0.15) is 5.10 Å². The molecule has 0 saturated carbocycles. The Morgan fingerprint density at radius 3 is 2.81 bits per heavy atom. The Bertz CT molecular complexity index is 1180. The van der Waals surface area contributed by atoms with E-state index in [2.05, 4.69) is 15.1 Å². The molecule has 7 nitrogen and oxygen atoms in total. The van der Waals surface area contributed by atoms with Gasteiger partial charge in [0.05, 0.1) is 33.7 Å². The summed E-state index contributed by atoms with van der Waals surface area (Å²) >= 11 is 12.3. The van der Waals surface area contributed by atoms with Gasteiger partial charge in [0.1, 0.15) is 11.3 Å². The van der Waals surface area contributed by atoms with Crippen LogP contribution in [0.15, 0.2) is 42.6 Å². The number of fused-ring (bicyclic) bond motifs is 1. The zero-order valence-electron chi connectivity index (χ0n) is 14.0. The van der Waals surface area contributed by atoms with Crippen molar-refractivity contribution in [3.05, 3.63) is 58.3 Å². The van der Waals surface area contributed by atoms with Crippen LogP contribution in [-0.4, -0.2) is 25.8 Å². The van der Waals surface area contributed by atoms with Gasteiger partial charge in [0.25, 0.3) is 0 Å². The van der Waals surface area contributed by atoms with Gasteiger partial charge in [0.15, 0.2) is 5.75 Å². The lowest BCUT2D eigenvalue weighted by atomic mass is 10.2. The summed E-state index contributed by atoms with van der Waals surface area (Å²) in [4.78, 5) is 18.8. The summed E-state index contributed by atoms with van der Waals surface area (Å²) in [5.74, 6) is 0.868. The summed E-state index contributed by atoms with van der Waals surface area (Å²) in [6, 6.07) is 10.4. The van der Waals surface area contributed by atoms with Crippen molar-refractivity contribution in [1.29, 1.82) is 0 Å². The molecule has 2 aromatic heterocycles. The highest BCUT2D eigenvalue weighted by atomic mass is 35.5. The first kappa shape index (κ1) is 17.4.